The van der Waals surface area contributed by atoms with E-state index in [9.17, 15) is 13.2 Å². The third-order valence-corrected chi connectivity index (χ3v) is 2.62. The van der Waals surface area contributed by atoms with Gasteiger partial charge >= 0.3 is 6.18 Å². The summed E-state index contributed by atoms with van der Waals surface area (Å²) >= 11 is 0. The SMILES string of the molecule is N#Cc1ccc(NCc2cccc(C(F)(F)F)c2)nc1. The van der Waals surface area contributed by atoms with E-state index in [4.69, 9.17) is 5.26 Å². The summed E-state index contributed by atoms with van der Waals surface area (Å²) in [5.41, 5.74) is 0.255. The standard InChI is InChI=1S/C14H10F3N3/c15-14(16,17)12-3-1-2-10(6-12)8-19-13-5-4-11(7-18)9-20-13/h1-6,9H,8H2,(H,19,20). The first-order valence-corrected chi connectivity index (χ1v) is 5.75. The van der Waals surface area contributed by atoms with Crippen molar-refractivity contribution >= 4 is 5.82 Å². The van der Waals surface area contributed by atoms with Crippen LogP contribution >= 0.6 is 0 Å². The largest absolute Gasteiger partial charge is 0.416 e. The lowest BCUT2D eigenvalue weighted by atomic mass is 10.1. The number of benzene rings is 1. The number of aromatic nitrogens is 1. The molecule has 0 unspecified atom stereocenters. The van der Waals surface area contributed by atoms with E-state index >= 15 is 0 Å². The van der Waals surface area contributed by atoms with Crippen molar-refractivity contribution in [1.29, 1.82) is 5.26 Å². The van der Waals surface area contributed by atoms with Crippen molar-refractivity contribution in [2.45, 2.75) is 12.7 Å². The van der Waals surface area contributed by atoms with Gasteiger partial charge in [-0.25, -0.2) is 4.98 Å². The zero-order valence-electron chi connectivity index (χ0n) is 10.3. The fraction of sp³-hybridized carbons (Fsp3) is 0.143. The summed E-state index contributed by atoms with van der Waals surface area (Å²) in [5.74, 6) is 0.501. The Kier molecular flexibility index (Phi) is 3.89. The summed E-state index contributed by atoms with van der Waals surface area (Å²) in [6.07, 6.45) is -2.95. The zero-order chi connectivity index (χ0) is 14.6. The Morgan fingerprint density at radius 2 is 2.00 bits per heavy atom. The third kappa shape index (κ3) is 3.48. The Morgan fingerprint density at radius 1 is 1.20 bits per heavy atom. The van der Waals surface area contributed by atoms with Crippen LogP contribution in [0.25, 0.3) is 0 Å². The second-order valence-corrected chi connectivity index (χ2v) is 4.10. The molecule has 0 aliphatic rings. The lowest BCUT2D eigenvalue weighted by molar-refractivity contribution is -0.137. The molecule has 0 spiro atoms. The molecule has 0 aliphatic carbocycles. The van der Waals surface area contributed by atoms with Crippen molar-refractivity contribution in [3.8, 4) is 6.07 Å². The second-order valence-electron chi connectivity index (χ2n) is 4.10. The minimum atomic E-state index is -4.34. The average molecular weight is 277 g/mol. The van der Waals surface area contributed by atoms with Crippen LogP contribution in [0, 0.1) is 11.3 Å². The number of anilines is 1. The summed E-state index contributed by atoms with van der Waals surface area (Å²) in [6, 6.07) is 10.2. The summed E-state index contributed by atoms with van der Waals surface area (Å²) in [6.45, 7) is 0.225. The maximum Gasteiger partial charge on any atom is 0.416 e. The fourth-order valence-corrected chi connectivity index (χ4v) is 1.61. The monoisotopic (exact) mass is 277 g/mol. The summed E-state index contributed by atoms with van der Waals surface area (Å²) in [5, 5.41) is 11.5. The molecule has 0 amide bonds. The molecule has 0 bridgehead atoms. The molecule has 0 aliphatic heterocycles. The predicted molar refractivity (Wildman–Crippen MR) is 67.7 cm³/mol. The van der Waals surface area contributed by atoms with Gasteiger partial charge in [0, 0.05) is 12.7 Å². The smallest absolute Gasteiger partial charge is 0.366 e. The van der Waals surface area contributed by atoms with Gasteiger partial charge in [-0.1, -0.05) is 12.1 Å². The molecule has 0 atom stereocenters. The topological polar surface area (TPSA) is 48.7 Å². The quantitative estimate of drug-likeness (QED) is 0.932. The number of alkyl halides is 3. The van der Waals surface area contributed by atoms with Crippen molar-refractivity contribution in [3.63, 3.8) is 0 Å². The molecular formula is C14H10F3N3. The van der Waals surface area contributed by atoms with E-state index < -0.39 is 11.7 Å². The minimum Gasteiger partial charge on any atom is -0.366 e. The van der Waals surface area contributed by atoms with Gasteiger partial charge in [0.2, 0.25) is 0 Å². The highest BCUT2D eigenvalue weighted by Crippen LogP contribution is 2.29. The maximum absolute atomic E-state index is 12.6. The Balaban J connectivity index is 2.05. The van der Waals surface area contributed by atoms with Crippen LogP contribution in [0.15, 0.2) is 42.6 Å². The molecule has 1 aromatic heterocycles. The first-order valence-electron chi connectivity index (χ1n) is 5.75. The number of nitriles is 1. The molecule has 1 aromatic carbocycles. The van der Waals surface area contributed by atoms with Crippen molar-refractivity contribution in [2.75, 3.05) is 5.32 Å². The number of hydrogen-bond acceptors (Lipinski definition) is 3. The van der Waals surface area contributed by atoms with E-state index in [1.54, 1.807) is 18.2 Å². The molecule has 1 N–H and O–H groups in total. The molecule has 102 valence electrons. The van der Waals surface area contributed by atoms with Gasteiger partial charge in [-0.3, -0.25) is 0 Å². The number of pyridine rings is 1. The van der Waals surface area contributed by atoms with Crippen LogP contribution in [-0.2, 0) is 12.7 Å². The van der Waals surface area contributed by atoms with Crippen molar-refractivity contribution < 1.29 is 13.2 Å². The number of nitrogens with one attached hydrogen (secondary N) is 1. The zero-order valence-corrected chi connectivity index (χ0v) is 10.3. The molecule has 0 saturated heterocycles. The lowest BCUT2D eigenvalue weighted by Crippen LogP contribution is -2.07. The van der Waals surface area contributed by atoms with Crippen molar-refractivity contribution in [3.05, 3.63) is 59.3 Å². The normalized spacial score (nSPS) is 10.9. The first-order chi connectivity index (χ1) is 9.49. The Bertz CT molecular complexity index is 627. The van der Waals surface area contributed by atoms with Gasteiger partial charge in [0.15, 0.2) is 0 Å². The van der Waals surface area contributed by atoms with E-state index in [1.807, 2.05) is 6.07 Å². The molecule has 3 nitrogen and oxygen atoms in total. The highest BCUT2D eigenvalue weighted by Gasteiger charge is 2.30. The van der Waals surface area contributed by atoms with E-state index in [0.717, 1.165) is 12.1 Å². The molecule has 0 saturated carbocycles. The lowest BCUT2D eigenvalue weighted by Gasteiger charge is -2.09. The number of rotatable bonds is 3. The van der Waals surface area contributed by atoms with Crippen LogP contribution in [0.5, 0.6) is 0 Å². The van der Waals surface area contributed by atoms with Gasteiger partial charge in [0.05, 0.1) is 11.1 Å². The molecule has 6 heteroatoms. The molecular weight excluding hydrogens is 267 g/mol. The second kappa shape index (κ2) is 5.61. The minimum absolute atomic E-state index is 0.225. The van der Waals surface area contributed by atoms with Gasteiger partial charge < -0.3 is 5.32 Å². The van der Waals surface area contributed by atoms with Gasteiger partial charge in [-0.15, -0.1) is 0 Å². The average Bonchev–Trinajstić information content (AvgIpc) is 2.45. The molecule has 0 fully saturated rings. The molecule has 2 aromatic rings. The van der Waals surface area contributed by atoms with Gasteiger partial charge in [-0.05, 0) is 29.8 Å². The Hall–Kier alpha value is -2.55. The van der Waals surface area contributed by atoms with Gasteiger partial charge in [0.25, 0.3) is 0 Å². The van der Waals surface area contributed by atoms with Gasteiger partial charge in [-0.2, -0.15) is 18.4 Å². The molecule has 2 rings (SSSR count). The van der Waals surface area contributed by atoms with Gasteiger partial charge in [0.1, 0.15) is 11.9 Å². The fourth-order valence-electron chi connectivity index (χ4n) is 1.61. The van der Waals surface area contributed by atoms with Crippen LogP contribution in [0.4, 0.5) is 19.0 Å². The number of nitrogens with zero attached hydrogens (tertiary/aromatic N) is 2. The predicted octanol–water partition coefficient (Wildman–Crippen LogP) is 3.58. The van der Waals surface area contributed by atoms with Crippen LogP contribution < -0.4 is 5.32 Å². The molecule has 20 heavy (non-hydrogen) atoms. The Morgan fingerprint density at radius 3 is 2.60 bits per heavy atom. The van der Waals surface area contributed by atoms with E-state index in [2.05, 4.69) is 10.3 Å². The molecule has 0 radical (unpaired) electrons. The van der Waals surface area contributed by atoms with E-state index in [0.29, 0.717) is 16.9 Å². The highest BCUT2D eigenvalue weighted by molar-refractivity contribution is 5.40. The third-order valence-electron chi connectivity index (χ3n) is 2.62. The van der Waals surface area contributed by atoms with E-state index in [1.165, 1.54) is 12.3 Å². The van der Waals surface area contributed by atoms with Crippen LogP contribution in [0.2, 0.25) is 0 Å². The van der Waals surface area contributed by atoms with Crippen LogP contribution in [-0.4, -0.2) is 4.98 Å². The summed E-state index contributed by atoms with van der Waals surface area (Å²) in [4.78, 5) is 3.98. The highest BCUT2D eigenvalue weighted by atomic mass is 19.4. The first kappa shape index (κ1) is 13.9. The summed E-state index contributed by atoms with van der Waals surface area (Å²) in [7, 11) is 0. The van der Waals surface area contributed by atoms with Crippen molar-refractivity contribution in [2.24, 2.45) is 0 Å². The van der Waals surface area contributed by atoms with Crippen molar-refractivity contribution in [1.82, 2.24) is 4.98 Å². The summed E-state index contributed by atoms with van der Waals surface area (Å²) < 4.78 is 37.7. The number of halogens is 3. The number of hydrogen-bond donors (Lipinski definition) is 1. The Labute approximate surface area is 113 Å². The maximum atomic E-state index is 12.6. The van der Waals surface area contributed by atoms with Crippen LogP contribution in [0.3, 0.4) is 0 Å². The van der Waals surface area contributed by atoms with Crippen LogP contribution in [0.1, 0.15) is 16.7 Å². The molecule has 1 heterocycles. The van der Waals surface area contributed by atoms with E-state index in [-0.39, 0.29) is 6.54 Å².